The number of ether oxygens (including phenoxy) is 2. The number of aromatic nitrogens is 2. The molecular weight excluding hydrogens is 374 g/mol. The number of thioether (sulfide) groups is 1. The van der Waals surface area contributed by atoms with Gasteiger partial charge in [-0.2, -0.15) is 0 Å². The lowest BCUT2D eigenvalue weighted by molar-refractivity contribution is -0.120. The molecule has 0 saturated carbocycles. The van der Waals surface area contributed by atoms with Gasteiger partial charge in [0.1, 0.15) is 11.5 Å². The summed E-state index contributed by atoms with van der Waals surface area (Å²) in [7, 11) is 3.27. The van der Waals surface area contributed by atoms with E-state index in [0.29, 0.717) is 6.54 Å². The number of nitrogens with one attached hydrogen (secondary N) is 1. The zero-order valence-electron chi connectivity index (χ0n) is 16.1. The Kier molecular flexibility index (Phi) is 6.60. The fraction of sp³-hybridized carbons (Fsp3) is 0.238. The second-order valence-corrected chi connectivity index (χ2v) is 7.41. The van der Waals surface area contributed by atoms with Gasteiger partial charge in [0, 0.05) is 24.6 Å². The summed E-state index contributed by atoms with van der Waals surface area (Å²) in [6.07, 6.45) is 3.61. The van der Waals surface area contributed by atoms with Gasteiger partial charge in [0.2, 0.25) is 5.91 Å². The minimum Gasteiger partial charge on any atom is -0.497 e. The fourth-order valence-corrected chi connectivity index (χ4v) is 3.51. The Morgan fingerprint density at radius 2 is 1.68 bits per heavy atom. The first-order valence-corrected chi connectivity index (χ1v) is 9.73. The lowest BCUT2D eigenvalue weighted by atomic mass is 10.2. The highest BCUT2D eigenvalue weighted by Gasteiger charge is 2.17. The summed E-state index contributed by atoms with van der Waals surface area (Å²) in [6, 6.07) is 15.3. The number of rotatable bonds is 8. The molecule has 7 heteroatoms. The minimum atomic E-state index is -0.280. The highest BCUT2D eigenvalue weighted by atomic mass is 32.2. The maximum absolute atomic E-state index is 12.5. The summed E-state index contributed by atoms with van der Waals surface area (Å²) in [4.78, 5) is 16.9. The van der Waals surface area contributed by atoms with E-state index < -0.39 is 0 Å². The number of imidazole rings is 1. The van der Waals surface area contributed by atoms with Gasteiger partial charge in [0.05, 0.1) is 19.5 Å². The van der Waals surface area contributed by atoms with Crippen molar-refractivity contribution >= 4 is 17.7 Å². The zero-order chi connectivity index (χ0) is 19.9. The number of hydrogen-bond acceptors (Lipinski definition) is 5. The molecule has 146 valence electrons. The lowest BCUT2D eigenvalue weighted by Crippen LogP contribution is -2.30. The van der Waals surface area contributed by atoms with Crippen molar-refractivity contribution in [3.8, 4) is 17.2 Å². The van der Waals surface area contributed by atoms with E-state index in [1.54, 1.807) is 20.4 Å². The summed E-state index contributed by atoms with van der Waals surface area (Å²) in [5.74, 6) is 1.55. The molecule has 0 aliphatic rings. The van der Waals surface area contributed by atoms with Crippen LogP contribution in [0.15, 0.2) is 66.1 Å². The van der Waals surface area contributed by atoms with Crippen molar-refractivity contribution in [2.75, 3.05) is 14.2 Å². The first-order chi connectivity index (χ1) is 13.6. The van der Waals surface area contributed by atoms with Crippen molar-refractivity contribution in [3.63, 3.8) is 0 Å². The van der Waals surface area contributed by atoms with Gasteiger partial charge in [-0.05, 0) is 48.9 Å². The Morgan fingerprint density at radius 3 is 2.29 bits per heavy atom. The maximum atomic E-state index is 12.5. The van der Waals surface area contributed by atoms with E-state index in [-0.39, 0.29) is 11.2 Å². The number of carbonyl (C=O) groups excluding carboxylic acids is 1. The standard InChI is InChI=1S/C21H23N3O3S/c1-15(20(25)23-14-16-4-8-18(26-2)9-5-16)28-21-22-12-13-24(21)17-6-10-19(27-3)11-7-17/h4-13,15H,14H2,1-3H3,(H,23,25). The highest BCUT2D eigenvalue weighted by Crippen LogP contribution is 2.25. The van der Waals surface area contributed by atoms with Gasteiger partial charge in [0.15, 0.2) is 5.16 Å². The molecule has 6 nitrogen and oxygen atoms in total. The molecule has 0 bridgehead atoms. The molecule has 1 unspecified atom stereocenters. The summed E-state index contributed by atoms with van der Waals surface area (Å²) < 4.78 is 12.3. The molecule has 2 aromatic carbocycles. The van der Waals surface area contributed by atoms with Gasteiger partial charge in [-0.1, -0.05) is 23.9 Å². The fourth-order valence-electron chi connectivity index (χ4n) is 2.60. The molecule has 28 heavy (non-hydrogen) atoms. The molecule has 0 fully saturated rings. The molecule has 1 heterocycles. The maximum Gasteiger partial charge on any atom is 0.233 e. The van der Waals surface area contributed by atoms with Crippen LogP contribution in [-0.2, 0) is 11.3 Å². The molecule has 1 atom stereocenters. The smallest absolute Gasteiger partial charge is 0.233 e. The Bertz CT molecular complexity index is 907. The predicted molar refractivity (Wildman–Crippen MR) is 110 cm³/mol. The monoisotopic (exact) mass is 397 g/mol. The Balaban J connectivity index is 1.60. The number of amides is 1. The van der Waals surface area contributed by atoms with Crippen LogP contribution < -0.4 is 14.8 Å². The van der Waals surface area contributed by atoms with Gasteiger partial charge in [-0.3, -0.25) is 9.36 Å². The van der Waals surface area contributed by atoms with E-state index in [9.17, 15) is 4.79 Å². The quantitative estimate of drug-likeness (QED) is 0.588. The predicted octanol–water partition coefficient (Wildman–Crippen LogP) is 3.69. The zero-order valence-corrected chi connectivity index (χ0v) is 16.9. The molecule has 3 rings (SSSR count). The van der Waals surface area contributed by atoms with Gasteiger partial charge in [-0.25, -0.2) is 4.98 Å². The molecule has 0 spiro atoms. The van der Waals surface area contributed by atoms with Crippen LogP contribution in [0, 0.1) is 0 Å². The second-order valence-electron chi connectivity index (χ2n) is 6.10. The van der Waals surface area contributed by atoms with Crippen LogP contribution in [0.5, 0.6) is 11.5 Å². The Morgan fingerprint density at radius 1 is 1.07 bits per heavy atom. The van der Waals surface area contributed by atoms with Crippen molar-refractivity contribution in [2.45, 2.75) is 23.9 Å². The van der Waals surface area contributed by atoms with E-state index in [0.717, 1.165) is 27.9 Å². The molecule has 0 saturated heterocycles. The molecule has 1 amide bonds. The van der Waals surface area contributed by atoms with E-state index in [4.69, 9.17) is 9.47 Å². The summed E-state index contributed by atoms with van der Waals surface area (Å²) >= 11 is 1.42. The normalized spacial score (nSPS) is 11.7. The summed E-state index contributed by atoms with van der Waals surface area (Å²) in [6.45, 7) is 2.35. The van der Waals surface area contributed by atoms with Gasteiger partial charge >= 0.3 is 0 Å². The average molecular weight is 398 g/mol. The Labute approximate surface area is 168 Å². The SMILES string of the molecule is COc1ccc(CNC(=O)C(C)Sc2nccn2-c2ccc(OC)cc2)cc1. The third kappa shape index (κ3) is 4.86. The second kappa shape index (κ2) is 9.32. The van der Waals surface area contributed by atoms with Crippen LogP contribution in [0.2, 0.25) is 0 Å². The van der Waals surface area contributed by atoms with E-state index in [1.807, 2.05) is 66.2 Å². The largest absolute Gasteiger partial charge is 0.497 e. The average Bonchev–Trinajstić information content (AvgIpc) is 3.20. The van der Waals surface area contributed by atoms with Crippen molar-refractivity contribution < 1.29 is 14.3 Å². The van der Waals surface area contributed by atoms with E-state index in [1.165, 1.54) is 11.8 Å². The van der Waals surface area contributed by atoms with Crippen LogP contribution in [0.1, 0.15) is 12.5 Å². The van der Waals surface area contributed by atoms with Crippen LogP contribution in [0.3, 0.4) is 0 Å². The minimum absolute atomic E-state index is 0.0369. The van der Waals surface area contributed by atoms with Crippen LogP contribution >= 0.6 is 11.8 Å². The Hall–Kier alpha value is -2.93. The van der Waals surface area contributed by atoms with Gasteiger partial charge in [0.25, 0.3) is 0 Å². The van der Waals surface area contributed by atoms with Crippen LogP contribution in [0.4, 0.5) is 0 Å². The van der Waals surface area contributed by atoms with E-state index in [2.05, 4.69) is 10.3 Å². The highest BCUT2D eigenvalue weighted by molar-refractivity contribution is 8.00. The van der Waals surface area contributed by atoms with Gasteiger partial charge < -0.3 is 14.8 Å². The van der Waals surface area contributed by atoms with Gasteiger partial charge in [-0.15, -0.1) is 0 Å². The molecule has 1 N–H and O–H groups in total. The van der Waals surface area contributed by atoms with Crippen molar-refractivity contribution in [1.82, 2.24) is 14.9 Å². The molecule has 1 aromatic heterocycles. The molecule has 3 aromatic rings. The number of carbonyl (C=O) groups is 1. The third-order valence-corrected chi connectivity index (χ3v) is 5.32. The molecule has 0 aliphatic heterocycles. The number of hydrogen-bond donors (Lipinski definition) is 1. The number of methoxy groups -OCH3 is 2. The number of benzene rings is 2. The lowest BCUT2D eigenvalue weighted by Gasteiger charge is -2.13. The third-order valence-electron chi connectivity index (χ3n) is 4.23. The number of nitrogens with zero attached hydrogens (tertiary/aromatic N) is 2. The van der Waals surface area contributed by atoms with Crippen molar-refractivity contribution in [2.24, 2.45) is 0 Å². The summed E-state index contributed by atoms with van der Waals surface area (Å²) in [5.41, 5.74) is 1.98. The van der Waals surface area contributed by atoms with Crippen molar-refractivity contribution in [3.05, 3.63) is 66.5 Å². The van der Waals surface area contributed by atoms with Crippen molar-refractivity contribution in [1.29, 1.82) is 0 Å². The first kappa shape index (κ1) is 19.8. The summed E-state index contributed by atoms with van der Waals surface area (Å²) in [5, 5.41) is 3.45. The molecule has 0 radical (unpaired) electrons. The topological polar surface area (TPSA) is 65.4 Å². The van der Waals surface area contributed by atoms with E-state index >= 15 is 0 Å². The molecule has 0 aliphatic carbocycles. The van der Waals surface area contributed by atoms with Crippen LogP contribution in [0.25, 0.3) is 5.69 Å². The first-order valence-electron chi connectivity index (χ1n) is 8.86. The molecular formula is C21H23N3O3S. The van der Waals surface area contributed by atoms with Crippen LogP contribution in [-0.4, -0.2) is 34.9 Å².